The van der Waals surface area contributed by atoms with E-state index in [0.717, 1.165) is 31.1 Å². The lowest BCUT2D eigenvalue weighted by atomic mass is 10.2. The van der Waals surface area contributed by atoms with E-state index in [-0.39, 0.29) is 11.2 Å². The topological polar surface area (TPSA) is 23.6 Å². The van der Waals surface area contributed by atoms with Crippen LogP contribution in [0.15, 0.2) is 53.4 Å². The summed E-state index contributed by atoms with van der Waals surface area (Å²) in [5.41, 5.74) is 3.78. The number of hydrogen-bond acceptors (Lipinski definition) is 3. The van der Waals surface area contributed by atoms with Crippen LogP contribution in [-0.4, -0.2) is 42.2 Å². The first-order valence-electron chi connectivity index (χ1n) is 8.86. The molecule has 1 aliphatic rings. The van der Waals surface area contributed by atoms with Crippen molar-refractivity contribution >= 4 is 23.4 Å². The molecule has 3 rings (SSSR count). The minimum atomic E-state index is -0.0479. The van der Waals surface area contributed by atoms with Crippen molar-refractivity contribution in [3.8, 4) is 0 Å². The molecule has 132 valence electrons. The van der Waals surface area contributed by atoms with Crippen molar-refractivity contribution in [1.29, 1.82) is 0 Å². The Balaban J connectivity index is 1.54. The van der Waals surface area contributed by atoms with E-state index in [2.05, 4.69) is 67.3 Å². The Morgan fingerprint density at radius 3 is 2.28 bits per heavy atom. The van der Waals surface area contributed by atoms with Gasteiger partial charge >= 0.3 is 0 Å². The van der Waals surface area contributed by atoms with Crippen LogP contribution >= 0.6 is 11.8 Å². The monoisotopic (exact) mass is 354 g/mol. The van der Waals surface area contributed by atoms with Gasteiger partial charge in [-0.05, 0) is 50.6 Å². The number of thioether (sulfide) groups is 1. The number of hydrogen-bond donors (Lipinski definition) is 0. The highest BCUT2D eigenvalue weighted by molar-refractivity contribution is 8.00. The summed E-state index contributed by atoms with van der Waals surface area (Å²) in [6.45, 7) is 9.61. The van der Waals surface area contributed by atoms with E-state index in [4.69, 9.17) is 0 Å². The highest BCUT2D eigenvalue weighted by Crippen LogP contribution is 2.25. The molecule has 0 N–H and O–H groups in total. The van der Waals surface area contributed by atoms with Gasteiger partial charge in [0.2, 0.25) is 5.91 Å². The summed E-state index contributed by atoms with van der Waals surface area (Å²) in [7, 11) is 0. The first-order valence-corrected chi connectivity index (χ1v) is 9.74. The highest BCUT2D eigenvalue weighted by Gasteiger charge is 2.25. The summed E-state index contributed by atoms with van der Waals surface area (Å²) in [5.74, 6) is 0.245. The Morgan fingerprint density at radius 1 is 0.960 bits per heavy atom. The Labute approximate surface area is 155 Å². The van der Waals surface area contributed by atoms with E-state index in [0.29, 0.717) is 0 Å². The van der Waals surface area contributed by atoms with Crippen LogP contribution in [0.5, 0.6) is 0 Å². The maximum Gasteiger partial charge on any atom is 0.235 e. The van der Waals surface area contributed by atoms with E-state index < -0.39 is 0 Å². The van der Waals surface area contributed by atoms with Crippen LogP contribution in [0.1, 0.15) is 18.1 Å². The van der Waals surface area contributed by atoms with E-state index in [1.165, 1.54) is 16.8 Å². The quantitative estimate of drug-likeness (QED) is 0.771. The van der Waals surface area contributed by atoms with Crippen LogP contribution in [-0.2, 0) is 4.79 Å². The minimum Gasteiger partial charge on any atom is -0.368 e. The van der Waals surface area contributed by atoms with Crippen LogP contribution in [0.4, 0.5) is 5.69 Å². The van der Waals surface area contributed by atoms with Gasteiger partial charge in [0.15, 0.2) is 0 Å². The average molecular weight is 355 g/mol. The largest absolute Gasteiger partial charge is 0.368 e. The lowest BCUT2D eigenvalue weighted by molar-refractivity contribution is -0.130. The Bertz CT molecular complexity index is 721. The van der Waals surface area contributed by atoms with Gasteiger partial charge in [-0.25, -0.2) is 0 Å². The molecule has 1 heterocycles. The first-order chi connectivity index (χ1) is 12.0. The third kappa shape index (κ3) is 4.57. The van der Waals surface area contributed by atoms with Crippen LogP contribution in [0.3, 0.4) is 0 Å². The number of carbonyl (C=O) groups is 1. The van der Waals surface area contributed by atoms with Crippen LogP contribution < -0.4 is 4.90 Å². The number of benzene rings is 2. The fraction of sp³-hybridized carbons (Fsp3) is 0.381. The van der Waals surface area contributed by atoms with Gasteiger partial charge in [0.05, 0.1) is 5.25 Å². The molecule has 1 atom stereocenters. The number of carbonyl (C=O) groups excluding carboxylic acids is 1. The van der Waals surface area contributed by atoms with Crippen LogP contribution in [0, 0.1) is 13.8 Å². The molecule has 2 aromatic rings. The molecule has 2 aromatic carbocycles. The predicted octanol–water partition coefficient (Wildman–Crippen LogP) is 4.13. The van der Waals surface area contributed by atoms with Crippen molar-refractivity contribution < 1.29 is 4.79 Å². The van der Waals surface area contributed by atoms with Gasteiger partial charge in [-0.3, -0.25) is 4.79 Å². The number of amides is 1. The summed E-state index contributed by atoms with van der Waals surface area (Å²) in [6.07, 6.45) is 0. The third-order valence-corrected chi connectivity index (χ3v) is 5.74. The van der Waals surface area contributed by atoms with Gasteiger partial charge in [0.25, 0.3) is 0 Å². The van der Waals surface area contributed by atoms with Crippen molar-refractivity contribution in [1.82, 2.24) is 4.90 Å². The van der Waals surface area contributed by atoms with Gasteiger partial charge in [-0.1, -0.05) is 29.8 Å². The van der Waals surface area contributed by atoms with Crippen molar-refractivity contribution in [2.75, 3.05) is 31.1 Å². The van der Waals surface area contributed by atoms with Crippen LogP contribution in [0.25, 0.3) is 0 Å². The number of piperazine rings is 1. The molecule has 0 saturated carbocycles. The molecular weight excluding hydrogens is 328 g/mol. The summed E-state index contributed by atoms with van der Waals surface area (Å²) in [6, 6.07) is 17.0. The van der Waals surface area contributed by atoms with Crippen molar-refractivity contribution in [2.24, 2.45) is 0 Å². The lowest BCUT2D eigenvalue weighted by Crippen LogP contribution is -2.50. The predicted molar refractivity (Wildman–Crippen MR) is 106 cm³/mol. The summed E-state index contributed by atoms with van der Waals surface area (Å²) >= 11 is 1.65. The standard InChI is InChI=1S/C21H26N2OS/c1-16-7-9-20(10-8-16)25-18(3)21(24)23-13-11-22(12-14-23)19-6-4-5-17(2)15-19/h4-10,15,18H,11-14H2,1-3H3. The molecule has 1 saturated heterocycles. The van der Waals surface area contributed by atoms with E-state index in [9.17, 15) is 4.79 Å². The van der Waals surface area contributed by atoms with Gasteiger partial charge < -0.3 is 9.80 Å². The van der Waals surface area contributed by atoms with E-state index in [1.807, 2.05) is 11.8 Å². The highest BCUT2D eigenvalue weighted by atomic mass is 32.2. The zero-order valence-electron chi connectivity index (χ0n) is 15.2. The van der Waals surface area contributed by atoms with Crippen molar-refractivity contribution in [2.45, 2.75) is 30.9 Å². The molecule has 1 unspecified atom stereocenters. The second-order valence-corrected chi connectivity index (χ2v) is 8.14. The fourth-order valence-electron chi connectivity index (χ4n) is 3.14. The van der Waals surface area contributed by atoms with Crippen LogP contribution in [0.2, 0.25) is 0 Å². The Hall–Kier alpha value is -1.94. The minimum absolute atomic E-state index is 0.0479. The number of nitrogens with zero attached hydrogens (tertiary/aromatic N) is 2. The smallest absolute Gasteiger partial charge is 0.235 e. The molecule has 0 bridgehead atoms. The Morgan fingerprint density at radius 2 is 1.64 bits per heavy atom. The lowest BCUT2D eigenvalue weighted by Gasteiger charge is -2.37. The van der Waals surface area contributed by atoms with Gasteiger partial charge in [-0.15, -0.1) is 11.8 Å². The van der Waals surface area contributed by atoms with Gasteiger partial charge in [-0.2, -0.15) is 0 Å². The maximum absolute atomic E-state index is 12.8. The summed E-state index contributed by atoms with van der Waals surface area (Å²) in [4.78, 5) is 18.3. The summed E-state index contributed by atoms with van der Waals surface area (Å²) < 4.78 is 0. The second-order valence-electron chi connectivity index (χ2n) is 6.72. The zero-order valence-corrected chi connectivity index (χ0v) is 16.1. The molecule has 0 spiro atoms. The molecule has 0 aromatic heterocycles. The normalized spacial score (nSPS) is 16.0. The molecule has 1 aliphatic heterocycles. The van der Waals surface area contributed by atoms with Crippen molar-refractivity contribution in [3.05, 3.63) is 59.7 Å². The van der Waals surface area contributed by atoms with Gasteiger partial charge in [0.1, 0.15) is 0 Å². The second kappa shape index (κ2) is 7.96. The van der Waals surface area contributed by atoms with E-state index in [1.54, 1.807) is 11.8 Å². The molecule has 0 aliphatic carbocycles. The molecule has 4 heteroatoms. The first kappa shape index (κ1) is 17.9. The average Bonchev–Trinajstić information content (AvgIpc) is 2.63. The molecule has 25 heavy (non-hydrogen) atoms. The fourth-order valence-corrected chi connectivity index (χ4v) is 4.09. The number of aryl methyl sites for hydroxylation is 2. The molecule has 3 nitrogen and oxygen atoms in total. The van der Waals surface area contributed by atoms with Gasteiger partial charge in [0, 0.05) is 36.8 Å². The molecule has 0 radical (unpaired) electrons. The zero-order chi connectivity index (χ0) is 17.8. The number of rotatable bonds is 4. The number of anilines is 1. The maximum atomic E-state index is 12.8. The van der Waals surface area contributed by atoms with Crippen molar-refractivity contribution in [3.63, 3.8) is 0 Å². The molecule has 1 amide bonds. The molecular formula is C21H26N2OS. The molecule has 1 fully saturated rings. The van der Waals surface area contributed by atoms with E-state index >= 15 is 0 Å². The summed E-state index contributed by atoms with van der Waals surface area (Å²) in [5, 5.41) is -0.0479. The SMILES string of the molecule is Cc1ccc(SC(C)C(=O)N2CCN(c3cccc(C)c3)CC2)cc1. The third-order valence-electron chi connectivity index (χ3n) is 4.64. The Kier molecular flexibility index (Phi) is 5.69.